The van der Waals surface area contributed by atoms with Crippen molar-refractivity contribution in [2.24, 2.45) is 0 Å². The molecule has 1 aromatic carbocycles. The first-order valence-corrected chi connectivity index (χ1v) is 8.08. The quantitative estimate of drug-likeness (QED) is 0.845. The Hall–Kier alpha value is -2.04. The van der Waals surface area contributed by atoms with Gasteiger partial charge in [0, 0.05) is 0 Å². The summed E-state index contributed by atoms with van der Waals surface area (Å²) in [4.78, 5) is 23.5. The van der Waals surface area contributed by atoms with Gasteiger partial charge in [0.1, 0.15) is 11.3 Å². The first-order valence-electron chi connectivity index (χ1n) is 8.08. The summed E-state index contributed by atoms with van der Waals surface area (Å²) < 4.78 is 5.68. The van der Waals surface area contributed by atoms with Crippen LogP contribution in [0.15, 0.2) is 18.2 Å². The summed E-state index contributed by atoms with van der Waals surface area (Å²) in [7, 11) is 0. The van der Waals surface area contributed by atoms with Crippen LogP contribution in [0.25, 0.3) is 0 Å². The highest BCUT2D eigenvalue weighted by atomic mass is 16.5. The zero-order chi connectivity index (χ0) is 17.2. The Morgan fingerprint density at radius 2 is 1.91 bits per heavy atom. The highest BCUT2D eigenvalue weighted by molar-refractivity contribution is 5.89. The number of amides is 1. The number of benzene rings is 1. The van der Waals surface area contributed by atoms with Crippen molar-refractivity contribution in [1.29, 1.82) is 0 Å². The molecule has 0 aliphatic heterocycles. The Balaban J connectivity index is 2.01. The van der Waals surface area contributed by atoms with Gasteiger partial charge < -0.3 is 15.2 Å². The van der Waals surface area contributed by atoms with Gasteiger partial charge in [0.05, 0.1) is 0 Å². The Labute approximate surface area is 137 Å². The molecule has 1 aliphatic rings. The van der Waals surface area contributed by atoms with Crippen LogP contribution < -0.4 is 10.1 Å². The molecular formula is C18H25NO4. The molecule has 1 saturated carbocycles. The third kappa shape index (κ3) is 3.66. The third-order valence-corrected chi connectivity index (χ3v) is 4.52. The molecule has 1 unspecified atom stereocenters. The maximum absolute atomic E-state index is 12.2. The Bertz CT molecular complexity index is 605. The number of carbonyl (C=O) groups is 2. The summed E-state index contributed by atoms with van der Waals surface area (Å²) in [5.74, 6) is -0.314. The van der Waals surface area contributed by atoms with Gasteiger partial charge in [-0.2, -0.15) is 0 Å². The topological polar surface area (TPSA) is 75.6 Å². The summed E-state index contributed by atoms with van der Waals surface area (Å²) >= 11 is 0. The molecule has 5 heteroatoms. The first-order chi connectivity index (χ1) is 10.7. The number of aryl methyl sites for hydroxylation is 1. The number of aliphatic carboxylic acids is 1. The highest BCUT2D eigenvalue weighted by Crippen LogP contribution is 2.32. The van der Waals surface area contributed by atoms with Crippen LogP contribution in [0.3, 0.4) is 0 Å². The SMILES string of the molecule is Cc1cc(OC(C)C(=O)NC2(C(=O)O)CCC2)ccc1C(C)C. The van der Waals surface area contributed by atoms with Gasteiger partial charge >= 0.3 is 5.97 Å². The maximum atomic E-state index is 12.2. The molecule has 1 aliphatic carbocycles. The van der Waals surface area contributed by atoms with Crippen LogP contribution in [0.4, 0.5) is 0 Å². The highest BCUT2D eigenvalue weighted by Gasteiger charge is 2.46. The van der Waals surface area contributed by atoms with E-state index in [-0.39, 0.29) is 0 Å². The third-order valence-electron chi connectivity index (χ3n) is 4.52. The molecule has 1 fully saturated rings. The second-order valence-electron chi connectivity index (χ2n) is 6.66. The average Bonchev–Trinajstić information content (AvgIpc) is 2.41. The monoisotopic (exact) mass is 319 g/mol. The van der Waals surface area contributed by atoms with E-state index < -0.39 is 23.5 Å². The van der Waals surface area contributed by atoms with E-state index in [0.29, 0.717) is 24.5 Å². The van der Waals surface area contributed by atoms with Gasteiger partial charge in [0.2, 0.25) is 0 Å². The zero-order valence-corrected chi connectivity index (χ0v) is 14.2. The number of carbonyl (C=O) groups excluding carboxylic acids is 1. The molecule has 1 aromatic rings. The van der Waals surface area contributed by atoms with Crippen LogP contribution in [-0.2, 0) is 9.59 Å². The molecule has 23 heavy (non-hydrogen) atoms. The van der Waals surface area contributed by atoms with E-state index in [1.807, 2.05) is 25.1 Å². The fourth-order valence-corrected chi connectivity index (χ4v) is 2.89. The summed E-state index contributed by atoms with van der Waals surface area (Å²) in [6.45, 7) is 7.90. The molecular weight excluding hydrogens is 294 g/mol. The zero-order valence-electron chi connectivity index (χ0n) is 14.2. The summed E-state index contributed by atoms with van der Waals surface area (Å²) in [6, 6.07) is 5.77. The Morgan fingerprint density at radius 3 is 2.35 bits per heavy atom. The van der Waals surface area contributed by atoms with Gasteiger partial charge in [-0.15, -0.1) is 0 Å². The molecule has 2 N–H and O–H groups in total. The molecule has 126 valence electrons. The van der Waals surface area contributed by atoms with Gasteiger partial charge in [-0.3, -0.25) is 4.79 Å². The number of rotatable bonds is 6. The van der Waals surface area contributed by atoms with Crippen LogP contribution in [-0.4, -0.2) is 28.6 Å². The first kappa shape index (κ1) is 17.3. The summed E-state index contributed by atoms with van der Waals surface area (Å²) in [5.41, 5.74) is 1.26. The minimum Gasteiger partial charge on any atom is -0.481 e. The molecule has 1 amide bonds. The number of nitrogens with one attached hydrogen (secondary N) is 1. The van der Waals surface area contributed by atoms with E-state index in [4.69, 9.17) is 4.74 Å². The van der Waals surface area contributed by atoms with E-state index in [1.165, 1.54) is 5.56 Å². The minimum atomic E-state index is -1.11. The molecule has 1 atom stereocenters. The standard InChI is InChI=1S/C18H25NO4/c1-11(2)15-7-6-14(10-12(15)3)23-13(4)16(20)19-18(17(21)22)8-5-9-18/h6-7,10-11,13H,5,8-9H2,1-4H3,(H,19,20)(H,21,22). The van der Waals surface area contributed by atoms with Gasteiger partial charge in [-0.05, 0) is 62.3 Å². The second-order valence-corrected chi connectivity index (χ2v) is 6.66. The lowest BCUT2D eigenvalue weighted by Crippen LogP contribution is -2.61. The fourth-order valence-electron chi connectivity index (χ4n) is 2.89. The van der Waals surface area contributed by atoms with Crippen LogP contribution in [0.5, 0.6) is 5.75 Å². The maximum Gasteiger partial charge on any atom is 0.329 e. The average molecular weight is 319 g/mol. The molecule has 0 bridgehead atoms. The molecule has 0 heterocycles. The van der Waals surface area contributed by atoms with Crippen LogP contribution in [0.2, 0.25) is 0 Å². The number of hydrogen-bond acceptors (Lipinski definition) is 3. The lowest BCUT2D eigenvalue weighted by Gasteiger charge is -2.38. The molecule has 0 aromatic heterocycles. The van der Waals surface area contributed by atoms with Crippen molar-refractivity contribution in [2.45, 2.75) is 64.5 Å². The molecule has 2 rings (SSSR count). The largest absolute Gasteiger partial charge is 0.481 e. The van der Waals surface area contributed by atoms with Gasteiger partial charge in [-0.1, -0.05) is 19.9 Å². The van der Waals surface area contributed by atoms with Crippen LogP contribution in [0.1, 0.15) is 57.1 Å². The lowest BCUT2D eigenvalue weighted by molar-refractivity contribution is -0.152. The van der Waals surface area contributed by atoms with E-state index in [9.17, 15) is 14.7 Å². The van der Waals surface area contributed by atoms with Crippen molar-refractivity contribution in [3.63, 3.8) is 0 Å². The van der Waals surface area contributed by atoms with Crippen LogP contribution >= 0.6 is 0 Å². The number of carboxylic acids is 1. The summed E-state index contributed by atoms with van der Waals surface area (Å²) in [5, 5.41) is 11.9. The van der Waals surface area contributed by atoms with E-state index in [0.717, 1.165) is 12.0 Å². The number of ether oxygens (including phenoxy) is 1. The van der Waals surface area contributed by atoms with E-state index in [1.54, 1.807) is 6.92 Å². The van der Waals surface area contributed by atoms with Crippen molar-refractivity contribution in [3.05, 3.63) is 29.3 Å². The number of hydrogen-bond donors (Lipinski definition) is 2. The van der Waals surface area contributed by atoms with Crippen LogP contribution in [0, 0.1) is 6.92 Å². The van der Waals surface area contributed by atoms with Crippen molar-refractivity contribution in [1.82, 2.24) is 5.32 Å². The second kappa shape index (κ2) is 6.60. The predicted octanol–water partition coefficient (Wildman–Crippen LogP) is 3.01. The van der Waals surface area contributed by atoms with Crippen molar-refractivity contribution < 1.29 is 19.4 Å². The normalized spacial score (nSPS) is 17.3. The molecule has 0 radical (unpaired) electrons. The van der Waals surface area contributed by atoms with Gasteiger partial charge in [0.15, 0.2) is 6.10 Å². The Morgan fingerprint density at radius 1 is 1.26 bits per heavy atom. The lowest BCUT2D eigenvalue weighted by atomic mass is 9.76. The smallest absolute Gasteiger partial charge is 0.329 e. The Kier molecular flexibility index (Phi) is 4.97. The van der Waals surface area contributed by atoms with Crippen molar-refractivity contribution in [3.8, 4) is 5.75 Å². The molecule has 5 nitrogen and oxygen atoms in total. The predicted molar refractivity (Wildman–Crippen MR) is 87.7 cm³/mol. The van der Waals surface area contributed by atoms with E-state index >= 15 is 0 Å². The van der Waals surface area contributed by atoms with Gasteiger partial charge in [0.25, 0.3) is 5.91 Å². The van der Waals surface area contributed by atoms with E-state index in [2.05, 4.69) is 19.2 Å². The molecule has 0 spiro atoms. The summed E-state index contributed by atoms with van der Waals surface area (Å²) in [6.07, 6.45) is 1.03. The van der Waals surface area contributed by atoms with Gasteiger partial charge in [-0.25, -0.2) is 4.79 Å². The fraction of sp³-hybridized carbons (Fsp3) is 0.556. The van der Waals surface area contributed by atoms with Crippen molar-refractivity contribution in [2.75, 3.05) is 0 Å². The molecule has 0 saturated heterocycles. The number of carboxylic acid groups (broad SMARTS) is 1. The van der Waals surface area contributed by atoms with Crippen molar-refractivity contribution >= 4 is 11.9 Å². The minimum absolute atomic E-state index is 0.391.